The zero-order chi connectivity index (χ0) is 17.8. The first-order valence-corrected chi connectivity index (χ1v) is 9.91. The van der Waals surface area contributed by atoms with E-state index in [1.54, 1.807) is 11.3 Å². The van der Waals surface area contributed by atoms with Gasteiger partial charge in [-0.25, -0.2) is 4.98 Å². The van der Waals surface area contributed by atoms with E-state index in [9.17, 15) is 4.79 Å². The smallest absolute Gasteiger partial charge is 0.234 e. The van der Waals surface area contributed by atoms with Crippen molar-refractivity contribution in [3.8, 4) is 11.3 Å². The van der Waals surface area contributed by atoms with Crippen molar-refractivity contribution in [3.63, 3.8) is 0 Å². The Balaban J connectivity index is 1.60. The van der Waals surface area contributed by atoms with Crippen molar-refractivity contribution in [2.75, 3.05) is 11.1 Å². The number of anilines is 1. The molecule has 3 rings (SSSR count). The van der Waals surface area contributed by atoms with Crippen LogP contribution in [0.4, 0.5) is 5.69 Å². The van der Waals surface area contributed by atoms with Gasteiger partial charge in [-0.3, -0.25) is 4.79 Å². The Labute approximate surface area is 156 Å². The maximum atomic E-state index is 12.2. The Bertz CT molecular complexity index is 865. The number of aromatic nitrogens is 1. The average Bonchev–Trinajstić information content (AvgIpc) is 3.06. The van der Waals surface area contributed by atoms with Crippen molar-refractivity contribution < 1.29 is 4.79 Å². The Morgan fingerprint density at radius 2 is 1.76 bits per heavy atom. The number of benzene rings is 2. The molecule has 0 aliphatic heterocycles. The third-order valence-electron chi connectivity index (χ3n) is 3.90. The van der Waals surface area contributed by atoms with E-state index in [1.165, 1.54) is 17.3 Å². The Morgan fingerprint density at radius 3 is 2.44 bits per heavy atom. The quantitative estimate of drug-likeness (QED) is 0.608. The molecule has 1 aromatic heterocycles. The number of nitrogens with zero attached hydrogens (tertiary/aromatic N) is 1. The van der Waals surface area contributed by atoms with Crippen LogP contribution in [0, 0.1) is 20.8 Å². The minimum Gasteiger partial charge on any atom is -0.325 e. The van der Waals surface area contributed by atoms with Gasteiger partial charge in [-0.05, 0) is 31.9 Å². The predicted molar refractivity (Wildman–Crippen MR) is 108 cm³/mol. The van der Waals surface area contributed by atoms with Crippen LogP contribution >= 0.6 is 23.1 Å². The van der Waals surface area contributed by atoms with Gasteiger partial charge in [0.2, 0.25) is 5.91 Å². The Kier molecular flexibility index (Phi) is 5.56. The molecule has 0 radical (unpaired) electrons. The lowest BCUT2D eigenvalue weighted by Gasteiger charge is -2.10. The summed E-state index contributed by atoms with van der Waals surface area (Å²) in [5.74, 6) is 0.351. The molecule has 128 valence electrons. The first-order chi connectivity index (χ1) is 12.0. The lowest BCUT2D eigenvalue weighted by molar-refractivity contribution is -0.113. The highest BCUT2D eigenvalue weighted by Gasteiger charge is 2.10. The second-order valence-electron chi connectivity index (χ2n) is 5.97. The van der Waals surface area contributed by atoms with Crippen LogP contribution in [0.15, 0.2) is 52.2 Å². The van der Waals surface area contributed by atoms with Crippen molar-refractivity contribution in [2.45, 2.75) is 25.1 Å². The molecule has 0 spiro atoms. The number of aryl methyl sites for hydroxylation is 3. The van der Waals surface area contributed by atoms with Crippen LogP contribution in [0.2, 0.25) is 0 Å². The molecule has 0 atom stereocenters. The number of thioether (sulfide) groups is 1. The van der Waals surface area contributed by atoms with Crippen LogP contribution in [0.25, 0.3) is 11.3 Å². The van der Waals surface area contributed by atoms with Crippen LogP contribution in [-0.2, 0) is 4.79 Å². The van der Waals surface area contributed by atoms with Gasteiger partial charge in [-0.1, -0.05) is 59.8 Å². The standard InChI is InChI=1S/C20H20N2OS2/c1-13-7-9-16(10-8-13)17-11-24-20(21-17)25-12-18(23)22-19-14(2)5-4-6-15(19)3/h4-11H,12H2,1-3H3,(H,22,23). The van der Waals surface area contributed by atoms with E-state index in [0.717, 1.165) is 32.4 Å². The summed E-state index contributed by atoms with van der Waals surface area (Å²) in [5.41, 5.74) is 6.36. The molecule has 1 heterocycles. The highest BCUT2D eigenvalue weighted by molar-refractivity contribution is 8.01. The first kappa shape index (κ1) is 17.7. The van der Waals surface area contributed by atoms with E-state index in [0.29, 0.717) is 5.75 Å². The van der Waals surface area contributed by atoms with Crippen molar-refractivity contribution >= 4 is 34.7 Å². The fourth-order valence-corrected chi connectivity index (χ4v) is 4.13. The molecule has 0 aliphatic carbocycles. The molecule has 5 heteroatoms. The summed E-state index contributed by atoms with van der Waals surface area (Å²) in [6, 6.07) is 14.3. The average molecular weight is 369 g/mol. The maximum absolute atomic E-state index is 12.2. The van der Waals surface area contributed by atoms with Gasteiger partial charge in [0.1, 0.15) is 0 Å². The SMILES string of the molecule is Cc1ccc(-c2csc(SCC(=O)Nc3c(C)cccc3C)n2)cc1. The summed E-state index contributed by atoms with van der Waals surface area (Å²) in [5, 5.41) is 5.05. The second-order valence-corrected chi connectivity index (χ2v) is 8.05. The molecule has 0 unspecified atom stereocenters. The Morgan fingerprint density at radius 1 is 1.08 bits per heavy atom. The van der Waals surface area contributed by atoms with E-state index in [-0.39, 0.29) is 5.91 Å². The summed E-state index contributed by atoms with van der Waals surface area (Å²) in [4.78, 5) is 16.9. The third kappa shape index (κ3) is 4.50. The van der Waals surface area contributed by atoms with Gasteiger partial charge in [-0.2, -0.15) is 0 Å². The number of carbonyl (C=O) groups excluding carboxylic acids is 1. The van der Waals surface area contributed by atoms with Crippen LogP contribution in [0.3, 0.4) is 0 Å². The fraction of sp³-hybridized carbons (Fsp3) is 0.200. The molecular weight excluding hydrogens is 348 g/mol. The fourth-order valence-electron chi connectivity index (χ4n) is 2.49. The molecule has 0 fully saturated rings. The van der Waals surface area contributed by atoms with E-state index in [1.807, 2.05) is 37.4 Å². The Hall–Kier alpha value is -2.11. The summed E-state index contributed by atoms with van der Waals surface area (Å²) >= 11 is 3.05. The molecular formula is C20H20N2OS2. The first-order valence-electron chi connectivity index (χ1n) is 8.04. The van der Waals surface area contributed by atoms with Crippen molar-refractivity contribution in [3.05, 3.63) is 64.5 Å². The molecule has 1 amide bonds. The second kappa shape index (κ2) is 7.85. The summed E-state index contributed by atoms with van der Waals surface area (Å²) in [6.45, 7) is 6.08. The molecule has 3 aromatic rings. The van der Waals surface area contributed by atoms with Crippen LogP contribution < -0.4 is 5.32 Å². The van der Waals surface area contributed by atoms with E-state index in [4.69, 9.17) is 0 Å². The zero-order valence-electron chi connectivity index (χ0n) is 14.5. The van der Waals surface area contributed by atoms with Gasteiger partial charge >= 0.3 is 0 Å². The minimum atomic E-state index is -0.00511. The number of hydrogen-bond donors (Lipinski definition) is 1. The molecule has 0 bridgehead atoms. The van der Waals surface area contributed by atoms with Crippen LogP contribution in [0.1, 0.15) is 16.7 Å². The molecule has 0 aliphatic rings. The van der Waals surface area contributed by atoms with Crippen molar-refractivity contribution in [1.29, 1.82) is 0 Å². The topological polar surface area (TPSA) is 42.0 Å². The van der Waals surface area contributed by atoms with Crippen molar-refractivity contribution in [2.24, 2.45) is 0 Å². The monoisotopic (exact) mass is 368 g/mol. The minimum absolute atomic E-state index is 0.00511. The largest absolute Gasteiger partial charge is 0.325 e. The number of rotatable bonds is 5. The molecule has 25 heavy (non-hydrogen) atoms. The maximum Gasteiger partial charge on any atom is 0.234 e. The number of thiazole rings is 1. The van der Waals surface area contributed by atoms with Crippen molar-refractivity contribution in [1.82, 2.24) is 4.98 Å². The lowest BCUT2D eigenvalue weighted by atomic mass is 10.1. The number of amides is 1. The normalized spacial score (nSPS) is 10.7. The number of carbonyl (C=O) groups is 1. The molecule has 0 saturated carbocycles. The lowest BCUT2D eigenvalue weighted by Crippen LogP contribution is -2.15. The number of hydrogen-bond acceptors (Lipinski definition) is 4. The van der Waals surface area contributed by atoms with Gasteiger partial charge in [0.05, 0.1) is 11.4 Å². The third-order valence-corrected chi connectivity index (χ3v) is 5.92. The van der Waals surface area contributed by atoms with Gasteiger partial charge in [0, 0.05) is 16.6 Å². The summed E-state index contributed by atoms with van der Waals surface area (Å²) in [7, 11) is 0. The van der Waals surface area contributed by atoms with Gasteiger partial charge < -0.3 is 5.32 Å². The van der Waals surface area contributed by atoms with Crippen LogP contribution in [-0.4, -0.2) is 16.6 Å². The summed E-state index contributed by atoms with van der Waals surface area (Å²) < 4.78 is 0.909. The number of para-hydroxylation sites is 1. The molecule has 2 aromatic carbocycles. The van der Waals surface area contributed by atoms with Gasteiger partial charge in [0.15, 0.2) is 4.34 Å². The van der Waals surface area contributed by atoms with Gasteiger partial charge in [-0.15, -0.1) is 11.3 Å². The van der Waals surface area contributed by atoms with Gasteiger partial charge in [0.25, 0.3) is 0 Å². The van der Waals surface area contributed by atoms with E-state index in [2.05, 4.69) is 41.5 Å². The predicted octanol–water partition coefficient (Wildman–Crippen LogP) is 5.47. The zero-order valence-corrected chi connectivity index (χ0v) is 16.1. The van der Waals surface area contributed by atoms with E-state index >= 15 is 0 Å². The number of nitrogens with one attached hydrogen (secondary N) is 1. The molecule has 3 nitrogen and oxygen atoms in total. The van der Waals surface area contributed by atoms with E-state index < -0.39 is 0 Å². The molecule has 0 saturated heterocycles. The molecule has 1 N–H and O–H groups in total. The summed E-state index contributed by atoms with van der Waals surface area (Å²) in [6.07, 6.45) is 0. The van der Waals surface area contributed by atoms with Crippen LogP contribution in [0.5, 0.6) is 0 Å². The highest BCUT2D eigenvalue weighted by atomic mass is 32.2. The highest BCUT2D eigenvalue weighted by Crippen LogP contribution is 2.28.